The van der Waals surface area contributed by atoms with Crippen molar-refractivity contribution in [3.63, 3.8) is 0 Å². The summed E-state index contributed by atoms with van der Waals surface area (Å²) < 4.78 is -0.483. The zero-order valence-corrected chi connectivity index (χ0v) is 20.3. The van der Waals surface area contributed by atoms with Gasteiger partial charge in [0.25, 0.3) is 5.91 Å². The summed E-state index contributed by atoms with van der Waals surface area (Å²) in [5, 5.41) is 5.74. The normalized spacial score (nSPS) is 21.5. The van der Waals surface area contributed by atoms with Crippen molar-refractivity contribution in [3.05, 3.63) is 71.3 Å². The van der Waals surface area contributed by atoms with E-state index in [1.54, 1.807) is 16.7 Å². The van der Waals surface area contributed by atoms with Gasteiger partial charge in [0, 0.05) is 16.9 Å². The van der Waals surface area contributed by atoms with Crippen molar-refractivity contribution >= 4 is 29.5 Å². The highest BCUT2D eigenvalue weighted by Crippen LogP contribution is 2.56. The lowest BCUT2D eigenvalue weighted by Crippen LogP contribution is -2.58. The number of carbonyl (C=O) groups excluding carboxylic acids is 3. The summed E-state index contributed by atoms with van der Waals surface area (Å²) in [4.78, 5) is 41.3. The van der Waals surface area contributed by atoms with E-state index in [1.165, 1.54) is 0 Å². The molecule has 7 heteroatoms. The lowest BCUT2D eigenvalue weighted by atomic mass is 9.98. The molecule has 2 aliphatic rings. The highest BCUT2D eigenvalue weighted by Gasteiger charge is 2.57. The predicted molar refractivity (Wildman–Crippen MR) is 131 cm³/mol. The fourth-order valence-electron chi connectivity index (χ4n) is 4.66. The minimum Gasteiger partial charge on any atom is -0.354 e. The van der Waals surface area contributed by atoms with Crippen molar-refractivity contribution < 1.29 is 14.4 Å². The maximum atomic E-state index is 13.5. The van der Waals surface area contributed by atoms with Crippen LogP contribution in [0.2, 0.25) is 0 Å². The van der Waals surface area contributed by atoms with Crippen LogP contribution in [0.1, 0.15) is 54.6 Å². The van der Waals surface area contributed by atoms with Crippen molar-refractivity contribution in [1.82, 2.24) is 15.5 Å². The van der Waals surface area contributed by atoms with E-state index in [9.17, 15) is 14.4 Å². The van der Waals surface area contributed by atoms with Gasteiger partial charge < -0.3 is 15.5 Å². The first-order valence-corrected chi connectivity index (χ1v) is 12.3. The predicted octanol–water partition coefficient (Wildman–Crippen LogP) is 3.53. The molecular weight excluding hydrogens is 434 g/mol. The second-order valence-electron chi connectivity index (χ2n) is 9.53. The Hall–Kier alpha value is -2.80. The Balaban J connectivity index is 1.46. The number of hydrogen-bond donors (Lipinski definition) is 2. The van der Waals surface area contributed by atoms with Crippen LogP contribution in [-0.4, -0.2) is 46.0 Å². The minimum atomic E-state index is -0.673. The Morgan fingerprint density at radius 1 is 1.06 bits per heavy atom. The van der Waals surface area contributed by atoms with Crippen LogP contribution in [0.5, 0.6) is 0 Å². The number of thioether (sulfide) groups is 1. The first kappa shape index (κ1) is 23.4. The Morgan fingerprint density at radius 2 is 1.73 bits per heavy atom. The molecule has 0 radical (unpaired) electrons. The number of benzene rings is 2. The number of hydrogen-bond acceptors (Lipinski definition) is 4. The van der Waals surface area contributed by atoms with Crippen molar-refractivity contribution in [2.45, 2.75) is 56.3 Å². The van der Waals surface area contributed by atoms with Crippen molar-refractivity contribution in [1.29, 1.82) is 0 Å². The van der Waals surface area contributed by atoms with Gasteiger partial charge in [0.15, 0.2) is 0 Å². The summed E-state index contributed by atoms with van der Waals surface area (Å²) in [6, 6.07) is 16.2. The van der Waals surface area contributed by atoms with Crippen LogP contribution in [0.4, 0.5) is 0 Å². The van der Waals surface area contributed by atoms with Gasteiger partial charge in [-0.25, -0.2) is 0 Å². The van der Waals surface area contributed by atoms with Gasteiger partial charge in [0.05, 0.1) is 0 Å². The molecule has 1 fully saturated rings. The molecule has 6 nitrogen and oxygen atoms in total. The van der Waals surface area contributed by atoms with Crippen LogP contribution in [0.3, 0.4) is 0 Å². The monoisotopic (exact) mass is 465 g/mol. The minimum absolute atomic E-state index is 0.0925. The third kappa shape index (κ3) is 4.51. The van der Waals surface area contributed by atoms with Crippen LogP contribution in [-0.2, 0) is 16.0 Å². The third-order valence-electron chi connectivity index (χ3n) is 6.35. The molecule has 3 amide bonds. The van der Waals surface area contributed by atoms with E-state index in [4.69, 9.17) is 0 Å². The van der Waals surface area contributed by atoms with Crippen molar-refractivity contribution in [2.75, 3.05) is 6.54 Å². The Morgan fingerprint density at radius 3 is 2.42 bits per heavy atom. The van der Waals surface area contributed by atoms with E-state index in [0.717, 1.165) is 17.5 Å². The average Bonchev–Trinajstić information content (AvgIpc) is 3.21. The Kier molecular flexibility index (Phi) is 6.52. The van der Waals surface area contributed by atoms with Gasteiger partial charge in [-0.2, -0.15) is 0 Å². The molecule has 33 heavy (non-hydrogen) atoms. The molecule has 0 saturated carbocycles. The standard InChI is InChI=1S/C26H31N3O3S/c1-16(2)20(22(30)27-15-14-17-10-6-5-7-11-17)28-23(31)21-26(3,4)33-25-19-13-9-8-12-18(19)24(32)29(21)25/h5-13,16,20-21,25H,14-15H2,1-4H3,(H,27,30)(H,28,31)/t20-,21+,25+/m0/s1. The van der Waals surface area contributed by atoms with Crippen LogP contribution in [0.25, 0.3) is 0 Å². The van der Waals surface area contributed by atoms with Crippen LogP contribution < -0.4 is 10.6 Å². The van der Waals surface area contributed by atoms with Crippen LogP contribution in [0, 0.1) is 5.92 Å². The zero-order chi connectivity index (χ0) is 23.8. The first-order chi connectivity index (χ1) is 15.7. The van der Waals surface area contributed by atoms with Gasteiger partial charge in [-0.3, -0.25) is 14.4 Å². The summed E-state index contributed by atoms with van der Waals surface area (Å²) in [6.07, 6.45) is 0.722. The summed E-state index contributed by atoms with van der Waals surface area (Å²) in [7, 11) is 0. The Bertz CT molecular complexity index is 1050. The van der Waals surface area contributed by atoms with Crippen LogP contribution >= 0.6 is 11.8 Å². The average molecular weight is 466 g/mol. The van der Waals surface area contributed by atoms with Crippen LogP contribution in [0.15, 0.2) is 54.6 Å². The molecule has 3 atom stereocenters. The molecule has 0 aliphatic carbocycles. The fourth-order valence-corrected chi connectivity index (χ4v) is 6.24. The van der Waals surface area contributed by atoms with E-state index < -0.39 is 16.8 Å². The molecule has 2 heterocycles. The zero-order valence-electron chi connectivity index (χ0n) is 19.5. The van der Waals surface area contributed by atoms with E-state index in [2.05, 4.69) is 10.6 Å². The molecule has 1 saturated heterocycles. The second kappa shape index (κ2) is 9.21. The molecular formula is C26H31N3O3S. The summed E-state index contributed by atoms with van der Waals surface area (Å²) >= 11 is 1.62. The molecule has 0 bridgehead atoms. The number of nitrogens with zero attached hydrogens (tertiary/aromatic N) is 1. The molecule has 0 aromatic heterocycles. The number of carbonyl (C=O) groups is 3. The summed E-state index contributed by atoms with van der Waals surface area (Å²) in [5.41, 5.74) is 2.75. The first-order valence-electron chi connectivity index (χ1n) is 11.4. The molecule has 2 N–H and O–H groups in total. The van der Waals surface area contributed by atoms with E-state index in [-0.39, 0.29) is 29.0 Å². The number of fused-ring (bicyclic) bond motifs is 3. The second-order valence-corrected chi connectivity index (χ2v) is 11.3. The summed E-state index contributed by atoms with van der Waals surface area (Å²) in [5.74, 6) is -0.703. The van der Waals surface area contributed by atoms with E-state index in [0.29, 0.717) is 12.1 Å². The van der Waals surface area contributed by atoms with Gasteiger partial charge in [-0.1, -0.05) is 62.4 Å². The fraction of sp³-hybridized carbons (Fsp3) is 0.423. The van der Waals surface area contributed by atoms with Gasteiger partial charge in [-0.15, -0.1) is 11.8 Å². The number of nitrogens with one attached hydrogen (secondary N) is 2. The maximum Gasteiger partial charge on any atom is 0.256 e. The molecule has 0 unspecified atom stereocenters. The molecule has 174 valence electrons. The topological polar surface area (TPSA) is 78.5 Å². The summed E-state index contributed by atoms with van der Waals surface area (Å²) in [6.45, 7) is 8.29. The van der Waals surface area contributed by atoms with Gasteiger partial charge in [0.2, 0.25) is 11.8 Å². The molecule has 2 aromatic carbocycles. The highest BCUT2D eigenvalue weighted by molar-refractivity contribution is 8.01. The lowest BCUT2D eigenvalue weighted by molar-refractivity contribution is -0.132. The molecule has 0 spiro atoms. The molecule has 4 rings (SSSR count). The molecule has 2 aromatic rings. The third-order valence-corrected chi connectivity index (χ3v) is 7.88. The SMILES string of the molecule is CC(C)[C@H](NC(=O)[C@H]1N2C(=O)c3ccccc3[C@H]2SC1(C)C)C(=O)NCCc1ccccc1. The quantitative estimate of drug-likeness (QED) is 0.656. The van der Waals surface area contributed by atoms with E-state index in [1.807, 2.05) is 82.3 Å². The van der Waals surface area contributed by atoms with Gasteiger partial charge >= 0.3 is 0 Å². The molecule has 2 aliphatic heterocycles. The largest absolute Gasteiger partial charge is 0.354 e. The lowest BCUT2D eigenvalue weighted by Gasteiger charge is -2.32. The number of amides is 3. The van der Waals surface area contributed by atoms with Gasteiger partial charge in [-0.05, 0) is 43.4 Å². The smallest absolute Gasteiger partial charge is 0.256 e. The Labute approximate surface area is 199 Å². The van der Waals surface area contributed by atoms with Gasteiger partial charge in [0.1, 0.15) is 17.5 Å². The van der Waals surface area contributed by atoms with Crippen molar-refractivity contribution in [3.8, 4) is 0 Å². The van der Waals surface area contributed by atoms with Crippen molar-refractivity contribution in [2.24, 2.45) is 5.92 Å². The van der Waals surface area contributed by atoms with E-state index >= 15 is 0 Å². The number of rotatable bonds is 7. The maximum absolute atomic E-state index is 13.5. The highest BCUT2D eigenvalue weighted by atomic mass is 32.2.